The Bertz CT molecular complexity index is 1080. The van der Waals surface area contributed by atoms with Crippen molar-refractivity contribution in [1.82, 2.24) is 19.9 Å². The molecule has 3 aromatic rings. The van der Waals surface area contributed by atoms with Gasteiger partial charge in [0.05, 0.1) is 18.4 Å². The number of fused-ring (bicyclic) bond motifs is 1. The van der Waals surface area contributed by atoms with Gasteiger partial charge in [0, 0.05) is 26.2 Å². The molecule has 2 N–H and O–H groups in total. The van der Waals surface area contributed by atoms with Gasteiger partial charge in [-0.15, -0.1) is 5.10 Å². The molecule has 0 saturated carbocycles. The second kappa shape index (κ2) is 7.47. The van der Waals surface area contributed by atoms with Gasteiger partial charge in [-0.25, -0.2) is 9.31 Å². The number of aromatic amines is 1. The molecule has 1 aromatic carbocycles. The fourth-order valence-electron chi connectivity index (χ4n) is 3.58. The predicted molar refractivity (Wildman–Crippen MR) is 107 cm³/mol. The second-order valence-corrected chi connectivity index (χ2v) is 6.76. The normalized spacial score (nSPS) is 14.4. The fourth-order valence-corrected chi connectivity index (χ4v) is 3.58. The van der Waals surface area contributed by atoms with E-state index in [1.54, 1.807) is 6.92 Å². The molecule has 2 aromatic heterocycles. The van der Waals surface area contributed by atoms with E-state index < -0.39 is 5.97 Å². The van der Waals surface area contributed by atoms with E-state index in [0.29, 0.717) is 5.52 Å². The first-order valence-corrected chi connectivity index (χ1v) is 9.44. The summed E-state index contributed by atoms with van der Waals surface area (Å²) < 4.78 is 6.52. The lowest BCUT2D eigenvalue weighted by Crippen LogP contribution is -2.43. The Hall–Kier alpha value is -3.13. The molecule has 0 unspecified atom stereocenters. The number of hydrogen-bond donors (Lipinski definition) is 2. The summed E-state index contributed by atoms with van der Waals surface area (Å²) >= 11 is 0. The molecule has 0 atom stereocenters. The number of piperazine rings is 1. The molecule has 146 valence electrons. The van der Waals surface area contributed by atoms with Crippen LogP contribution in [0.4, 0.5) is 5.82 Å². The van der Waals surface area contributed by atoms with E-state index in [9.17, 15) is 9.59 Å². The number of carbonyl (C=O) groups is 1. The maximum Gasteiger partial charge on any atom is 0.356 e. The van der Waals surface area contributed by atoms with Gasteiger partial charge in [0.1, 0.15) is 11.2 Å². The third kappa shape index (κ3) is 3.16. The number of anilines is 1. The highest BCUT2D eigenvalue weighted by Crippen LogP contribution is 2.35. The van der Waals surface area contributed by atoms with E-state index in [1.165, 1.54) is 10.7 Å². The molecule has 8 heteroatoms. The van der Waals surface area contributed by atoms with Gasteiger partial charge in [-0.1, -0.05) is 24.3 Å². The van der Waals surface area contributed by atoms with Crippen molar-refractivity contribution in [2.75, 3.05) is 37.7 Å². The van der Waals surface area contributed by atoms with Crippen molar-refractivity contribution in [2.24, 2.45) is 0 Å². The SMILES string of the molecule is CCOC(=O)c1cn2nc(N3CCNCC3)c(-c3ccccc3C)c2c(=O)[nH]1. The van der Waals surface area contributed by atoms with Crippen LogP contribution in [0.25, 0.3) is 16.6 Å². The zero-order chi connectivity index (χ0) is 19.7. The van der Waals surface area contributed by atoms with E-state index in [1.807, 2.05) is 31.2 Å². The second-order valence-electron chi connectivity index (χ2n) is 6.76. The lowest BCUT2D eigenvalue weighted by Gasteiger charge is -2.28. The first-order chi connectivity index (χ1) is 13.6. The molecule has 1 saturated heterocycles. The van der Waals surface area contributed by atoms with Crippen LogP contribution in [0.15, 0.2) is 35.3 Å². The molecule has 1 fully saturated rings. The van der Waals surface area contributed by atoms with Crippen molar-refractivity contribution in [3.63, 3.8) is 0 Å². The van der Waals surface area contributed by atoms with E-state index in [2.05, 4.69) is 15.2 Å². The van der Waals surface area contributed by atoms with Gasteiger partial charge < -0.3 is 19.9 Å². The zero-order valence-corrected chi connectivity index (χ0v) is 16.0. The molecule has 0 aliphatic carbocycles. The Morgan fingerprint density at radius 3 is 2.71 bits per heavy atom. The highest BCUT2D eigenvalue weighted by atomic mass is 16.5. The van der Waals surface area contributed by atoms with Crippen LogP contribution in [0.5, 0.6) is 0 Å². The third-order valence-electron chi connectivity index (χ3n) is 4.93. The number of aryl methyl sites for hydroxylation is 1. The van der Waals surface area contributed by atoms with E-state index in [-0.39, 0.29) is 17.9 Å². The number of H-pyrrole nitrogens is 1. The van der Waals surface area contributed by atoms with E-state index in [0.717, 1.165) is 48.7 Å². The van der Waals surface area contributed by atoms with Crippen LogP contribution in [-0.4, -0.2) is 53.4 Å². The Labute approximate surface area is 162 Å². The average Bonchev–Trinajstić information content (AvgIpc) is 3.09. The summed E-state index contributed by atoms with van der Waals surface area (Å²) in [5.74, 6) is 0.181. The first kappa shape index (κ1) is 18.2. The van der Waals surface area contributed by atoms with Crippen molar-refractivity contribution in [1.29, 1.82) is 0 Å². The fraction of sp³-hybridized carbons (Fsp3) is 0.350. The van der Waals surface area contributed by atoms with Gasteiger partial charge in [0.2, 0.25) is 0 Å². The van der Waals surface area contributed by atoms with Gasteiger partial charge >= 0.3 is 5.97 Å². The minimum Gasteiger partial charge on any atom is -0.461 e. The van der Waals surface area contributed by atoms with Crippen LogP contribution >= 0.6 is 0 Å². The largest absolute Gasteiger partial charge is 0.461 e. The highest BCUT2D eigenvalue weighted by molar-refractivity contribution is 5.92. The molecule has 1 aliphatic heterocycles. The molecule has 0 bridgehead atoms. The van der Waals surface area contributed by atoms with Crippen molar-refractivity contribution < 1.29 is 9.53 Å². The number of benzene rings is 1. The summed E-state index contributed by atoms with van der Waals surface area (Å²) in [5.41, 5.74) is 2.96. The van der Waals surface area contributed by atoms with Crippen molar-refractivity contribution in [3.05, 3.63) is 52.1 Å². The molecule has 8 nitrogen and oxygen atoms in total. The first-order valence-electron chi connectivity index (χ1n) is 9.44. The van der Waals surface area contributed by atoms with E-state index >= 15 is 0 Å². The van der Waals surface area contributed by atoms with Crippen molar-refractivity contribution >= 4 is 17.3 Å². The molecule has 0 radical (unpaired) electrons. The Morgan fingerprint density at radius 1 is 1.25 bits per heavy atom. The van der Waals surface area contributed by atoms with Gasteiger partial charge in [-0.05, 0) is 25.0 Å². The molecule has 0 spiro atoms. The molecule has 28 heavy (non-hydrogen) atoms. The van der Waals surface area contributed by atoms with Gasteiger partial charge in [0.25, 0.3) is 5.56 Å². The number of carbonyl (C=O) groups excluding carboxylic acids is 1. The van der Waals surface area contributed by atoms with Crippen molar-refractivity contribution in [3.8, 4) is 11.1 Å². The maximum atomic E-state index is 13.0. The van der Waals surface area contributed by atoms with Crippen LogP contribution in [0, 0.1) is 6.92 Å². The maximum absolute atomic E-state index is 13.0. The Balaban J connectivity index is 1.97. The molecule has 1 aliphatic rings. The standard InChI is InChI=1S/C20H23N5O3/c1-3-28-20(27)15-12-25-17(19(26)22-15)16(14-7-5-4-6-13(14)2)18(23-25)24-10-8-21-9-11-24/h4-7,12,21H,3,8-11H2,1-2H3,(H,22,26). The quantitative estimate of drug-likeness (QED) is 0.667. The Kier molecular flexibility index (Phi) is 4.87. The molecular weight excluding hydrogens is 358 g/mol. The lowest BCUT2D eigenvalue weighted by atomic mass is 10.0. The summed E-state index contributed by atoms with van der Waals surface area (Å²) in [7, 11) is 0. The number of aromatic nitrogens is 3. The van der Waals surface area contributed by atoms with Crippen LogP contribution in [-0.2, 0) is 4.74 Å². The molecular formula is C20H23N5O3. The van der Waals surface area contributed by atoms with E-state index in [4.69, 9.17) is 9.84 Å². The van der Waals surface area contributed by atoms with Gasteiger partial charge in [0.15, 0.2) is 5.82 Å². The highest BCUT2D eigenvalue weighted by Gasteiger charge is 2.25. The predicted octanol–water partition coefficient (Wildman–Crippen LogP) is 1.58. The lowest BCUT2D eigenvalue weighted by molar-refractivity contribution is 0.0518. The average molecular weight is 381 g/mol. The summed E-state index contributed by atoms with van der Waals surface area (Å²) in [6.07, 6.45) is 1.53. The van der Waals surface area contributed by atoms with Gasteiger partial charge in [-0.3, -0.25) is 4.79 Å². The number of hydrogen-bond acceptors (Lipinski definition) is 6. The summed E-state index contributed by atoms with van der Waals surface area (Å²) in [6.45, 7) is 7.27. The molecule has 4 rings (SSSR count). The van der Waals surface area contributed by atoms with Crippen molar-refractivity contribution in [2.45, 2.75) is 13.8 Å². The third-order valence-corrected chi connectivity index (χ3v) is 4.93. The Morgan fingerprint density at radius 2 is 2.00 bits per heavy atom. The number of esters is 1. The number of nitrogens with one attached hydrogen (secondary N) is 2. The summed E-state index contributed by atoms with van der Waals surface area (Å²) in [5, 5.41) is 8.04. The number of rotatable bonds is 4. The summed E-state index contributed by atoms with van der Waals surface area (Å²) in [6, 6.07) is 7.94. The zero-order valence-electron chi connectivity index (χ0n) is 16.0. The van der Waals surface area contributed by atoms with Crippen LogP contribution in [0.3, 0.4) is 0 Å². The van der Waals surface area contributed by atoms with Crippen LogP contribution in [0.2, 0.25) is 0 Å². The minimum absolute atomic E-state index is 0.0880. The topological polar surface area (TPSA) is 91.7 Å². The summed E-state index contributed by atoms with van der Waals surface area (Å²) in [4.78, 5) is 29.9. The number of ether oxygens (including phenoxy) is 1. The molecule has 0 amide bonds. The smallest absolute Gasteiger partial charge is 0.356 e. The number of nitrogens with zero attached hydrogens (tertiary/aromatic N) is 3. The van der Waals surface area contributed by atoms with Crippen LogP contribution in [0.1, 0.15) is 23.0 Å². The van der Waals surface area contributed by atoms with Gasteiger partial charge in [-0.2, -0.15) is 0 Å². The minimum atomic E-state index is -0.571. The van der Waals surface area contributed by atoms with Crippen LogP contribution < -0.4 is 15.8 Å². The molecule has 3 heterocycles. The monoisotopic (exact) mass is 381 g/mol.